The highest BCUT2D eigenvalue weighted by Gasteiger charge is 2.11. The van der Waals surface area contributed by atoms with E-state index < -0.39 is 18.6 Å². The van der Waals surface area contributed by atoms with Gasteiger partial charge in [0.2, 0.25) is 5.91 Å². The van der Waals surface area contributed by atoms with Crippen molar-refractivity contribution in [2.24, 2.45) is 5.73 Å². The monoisotopic (exact) mass is 427 g/mol. The number of amides is 2. The van der Waals surface area contributed by atoms with Gasteiger partial charge in [0.25, 0.3) is 5.91 Å². The van der Waals surface area contributed by atoms with E-state index in [1.165, 1.54) is 17.4 Å². The Morgan fingerprint density at radius 1 is 1.27 bits per heavy atom. The highest BCUT2D eigenvalue weighted by atomic mass is 32.1. The second-order valence-corrected chi connectivity index (χ2v) is 7.54. The molecule has 9 heteroatoms. The number of hydrogen-bond acceptors (Lipinski definition) is 7. The Bertz CT molecular complexity index is 1060. The van der Waals surface area contributed by atoms with E-state index in [0.29, 0.717) is 10.6 Å². The molecular formula is C21H21N3O5S. The van der Waals surface area contributed by atoms with Gasteiger partial charge in [-0.15, -0.1) is 11.3 Å². The Morgan fingerprint density at radius 3 is 2.73 bits per heavy atom. The first-order chi connectivity index (χ1) is 14.5. The van der Waals surface area contributed by atoms with E-state index in [2.05, 4.69) is 10.3 Å². The van der Waals surface area contributed by atoms with Gasteiger partial charge in [0.1, 0.15) is 12.4 Å². The van der Waals surface area contributed by atoms with Crippen LogP contribution < -0.4 is 15.8 Å². The topological polar surface area (TPSA) is 135 Å². The van der Waals surface area contributed by atoms with E-state index in [1.807, 2.05) is 0 Å². The van der Waals surface area contributed by atoms with E-state index in [-0.39, 0.29) is 19.1 Å². The lowest BCUT2D eigenvalue weighted by atomic mass is 10.2. The maximum atomic E-state index is 11.7. The van der Waals surface area contributed by atoms with Crippen molar-refractivity contribution in [3.63, 3.8) is 0 Å². The fourth-order valence-electron chi connectivity index (χ4n) is 2.60. The molecule has 30 heavy (non-hydrogen) atoms. The van der Waals surface area contributed by atoms with Crippen LogP contribution in [-0.4, -0.2) is 46.3 Å². The molecule has 0 saturated heterocycles. The lowest BCUT2D eigenvalue weighted by molar-refractivity contribution is -0.117. The highest BCUT2D eigenvalue weighted by Crippen LogP contribution is 2.28. The number of aromatic nitrogens is 1. The second-order valence-electron chi connectivity index (χ2n) is 6.46. The molecule has 1 atom stereocenters. The van der Waals surface area contributed by atoms with Gasteiger partial charge in [-0.1, -0.05) is 12.1 Å². The molecule has 0 bridgehead atoms. The number of aliphatic hydroxyl groups excluding tert-OH is 2. The predicted molar refractivity (Wildman–Crippen MR) is 114 cm³/mol. The molecule has 0 fully saturated rings. The van der Waals surface area contributed by atoms with Gasteiger partial charge in [0.05, 0.1) is 22.3 Å². The number of primary amides is 1. The first-order valence-corrected chi connectivity index (χ1v) is 9.92. The number of rotatable bonds is 9. The average molecular weight is 427 g/mol. The molecule has 0 spiro atoms. The Kier molecular flexibility index (Phi) is 7.12. The summed E-state index contributed by atoms with van der Waals surface area (Å²) in [5, 5.41) is 21.3. The fraction of sp³-hybridized carbons (Fsp3) is 0.190. The summed E-state index contributed by atoms with van der Waals surface area (Å²) in [6.07, 6.45) is 5.39. The number of nitrogens with zero attached hydrogens (tertiary/aromatic N) is 1. The third kappa shape index (κ3) is 5.63. The zero-order valence-electron chi connectivity index (χ0n) is 15.9. The van der Waals surface area contributed by atoms with Crippen molar-refractivity contribution in [1.82, 2.24) is 10.3 Å². The molecule has 1 aromatic carbocycles. The van der Waals surface area contributed by atoms with E-state index in [1.54, 1.807) is 48.8 Å². The number of aliphatic hydroxyl groups is 2. The number of carbonyl (C=O) groups is 2. The summed E-state index contributed by atoms with van der Waals surface area (Å²) < 4.78 is 6.69. The summed E-state index contributed by atoms with van der Waals surface area (Å²) in [7, 11) is 0. The quantitative estimate of drug-likeness (QED) is 0.382. The van der Waals surface area contributed by atoms with Crippen molar-refractivity contribution in [3.05, 3.63) is 64.8 Å². The Balaban J connectivity index is 1.59. The molecule has 2 aromatic heterocycles. The van der Waals surface area contributed by atoms with Crippen LogP contribution >= 0.6 is 11.3 Å². The van der Waals surface area contributed by atoms with Crippen LogP contribution in [0.3, 0.4) is 0 Å². The van der Waals surface area contributed by atoms with Crippen LogP contribution in [-0.2, 0) is 11.4 Å². The molecule has 1 unspecified atom stereocenters. The summed E-state index contributed by atoms with van der Waals surface area (Å²) >= 11 is 1.30. The normalized spacial score (nSPS) is 12.2. The van der Waals surface area contributed by atoms with Crippen molar-refractivity contribution in [1.29, 1.82) is 0 Å². The standard InChI is InChI=1S/C21H21N3O5S/c22-21(28)18-7-17-14(8-23-10-19(17)30-18)12-29-16-4-1-13(2-5-16)3-6-20(27)24-9-15(26)11-25/h1-8,10,15,25-26H,9,11-12H2,(H2,22,28)(H,24,27). The third-order valence-electron chi connectivity index (χ3n) is 4.20. The Morgan fingerprint density at radius 2 is 2.03 bits per heavy atom. The van der Waals surface area contributed by atoms with Gasteiger partial charge >= 0.3 is 0 Å². The molecule has 0 aliphatic carbocycles. The first kappa shape index (κ1) is 21.4. The van der Waals surface area contributed by atoms with Crippen LogP contribution in [0.1, 0.15) is 20.8 Å². The molecule has 0 saturated carbocycles. The number of hydrogen-bond donors (Lipinski definition) is 4. The van der Waals surface area contributed by atoms with Crippen LogP contribution in [0.15, 0.2) is 48.8 Å². The maximum absolute atomic E-state index is 11.7. The number of pyridine rings is 1. The average Bonchev–Trinajstić information content (AvgIpc) is 3.20. The summed E-state index contributed by atoms with van der Waals surface area (Å²) in [6, 6.07) is 8.92. The lowest BCUT2D eigenvalue weighted by Crippen LogP contribution is -2.32. The minimum Gasteiger partial charge on any atom is -0.489 e. The first-order valence-electron chi connectivity index (χ1n) is 9.10. The molecule has 0 radical (unpaired) electrons. The molecule has 5 N–H and O–H groups in total. The van der Waals surface area contributed by atoms with Gasteiger partial charge in [0.15, 0.2) is 0 Å². The SMILES string of the molecule is NC(=O)c1cc2c(COc3ccc(C=CC(=O)NCC(O)CO)cc3)cncc2s1. The van der Waals surface area contributed by atoms with Crippen molar-refractivity contribution < 1.29 is 24.5 Å². The van der Waals surface area contributed by atoms with Gasteiger partial charge < -0.3 is 26.0 Å². The van der Waals surface area contributed by atoms with Gasteiger partial charge in [-0.2, -0.15) is 0 Å². The van der Waals surface area contributed by atoms with Crippen LogP contribution in [0.5, 0.6) is 5.75 Å². The predicted octanol–water partition coefficient (Wildman–Crippen LogP) is 1.46. The number of carbonyl (C=O) groups excluding carboxylic acids is 2. The minimum absolute atomic E-state index is 0.0148. The zero-order chi connectivity index (χ0) is 21.5. The number of benzene rings is 1. The third-order valence-corrected chi connectivity index (χ3v) is 5.28. The maximum Gasteiger partial charge on any atom is 0.258 e. The smallest absolute Gasteiger partial charge is 0.258 e. The fourth-order valence-corrected chi connectivity index (χ4v) is 3.53. The largest absolute Gasteiger partial charge is 0.489 e. The van der Waals surface area contributed by atoms with Crippen LogP contribution in [0.2, 0.25) is 0 Å². The summed E-state index contributed by atoms with van der Waals surface area (Å²) in [6.45, 7) is -0.141. The van der Waals surface area contributed by atoms with Crippen molar-refractivity contribution in [2.45, 2.75) is 12.7 Å². The Labute approximate surface area is 176 Å². The number of ether oxygens (including phenoxy) is 1. The molecular weight excluding hydrogens is 406 g/mol. The van der Waals surface area contributed by atoms with Crippen molar-refractivity contribution in [2.75, 3.05) is 13.2 Å². The molecule has 156 valence electrons. The molecule has 0 aliphatic rings. The molecule has 2 heterocycles. The minimum atomic E-state index is -0.976. The molecule has 8 nitrogen and oxygen atoms in total. The van der Waals surface area contributed by atoms with Gasteiger partial charge in [0, 0.05) is 36.0 Å². The van der Waals surface area contributed by atoms with Gasteiger partial charge in [-0.25, -0.2) is 0 Å². The van der Waals surface area contributed by atoms with E-state index in [0.717, 1.165) is 21.2 Å². The molecule has 2 amide bonds. The van der Waals surface area contributed by atoms with Crippen molar-refractivity contribution in [3.8, 4) is 5.75 Å². The molecule has 3 rings (SSSR count). The lowest BCUT2D eigenvalue weighted by Gasteiger charge is -2.08. The second kappa shape index (κ2) is 9.97. The van der Waals surface area contributed by atoms with E-state index in [4.69, 9.17) is 15.6 Å². The molecule has 3 aromatic rings. The van der Waals surface area contributed by atoms with Crippen LogP contribution in [0.25, 0.3) is 16.2 Å². The van der Waals surface area contributed by atoms with Crippen LogP contribution in [0, 0.1) is 0 Å². The number of thiophene rings is 1. The Hall–Kier alpha value is -3.27. The van der Waals surface area contributed by atoms with E-state index in [9.17, 15) is 14.7 Å². The zero-order valence-corrected chi connectivity index (χ0v) is 16.8. The van der Waals surface area contributed by atoms with Gasteiger partial charge in [-0.3, -0.25) is 14.6 Å². The number of nitrogens with one attached hydrogen (secondary N) is 1. The number of fused-ring (bicyclic) bond motifs is 1. The summed E-state index contributed by atoms with van der Waals surface area (Å²) in [5.41, 5.74) is 7.00. The highest BCUT2D eigenvalue weighted by molar-refractivity contribution is 7.20. The molecule has 0 aliphatic heterocycles. The van der Waals surface area contributed by atoms with E-state index >= 15 is 0 Å². The summed E-state index contributed by atoms with van der Waals surface area (Å²) in [4.78, 5) is 27.7. The number of nitrogens with two attached hydrogens (primary N) is 1. The van der Waals surface area contributed by atoms with Gasteiger partial charge in [-0.05, 0) is 29.8 Å². The van der Waals surface area contributed by atoms with Crippen molar-refractivity contribution >= 4 is 39.3 Å². The summed E-state index contributed by atoms with van der Waals surface area (Å²) in [5.74, 6) is -0.190. The van der Waals surface area contributed by atoms with Crippen LogP contribution in [0.4, 0.5) is 0 Å².